The zero-order valence-corrected chi connectivity index (χ0v) is 13.3. The van der Waals surface area contributed by atoms with Crippen molar-refractivity contribution >= 4 is 0 Å². The molecule has 85 valence electrons. The smallest absolute Gasteiger partial charge is 0.115 e. The SMILES string of the molecule is C=C[C@]1(CO)O[C@@H](C)C(C)(C)C1(C)C.[Y]. The summed E-state index contributed by atoms with van der Waals surface area (Å²) < 4.78 is 5.91. The van der Waals surface area contributed by atoms with E-state index < -0.39 is 5.60 Å². The third-order valence-electron chi connectivity index (χ3n) is 4.64. The van der Waals surface area contributed by atoms with Crippen molar-refractivity contribution in [2.24, 2.45) is 10.8 Å². The second kappa shape index (κ2) is 4.56. The van der Waals surface area contributed by atoms with Crippen molar-refractivity contribution in [2.75, 3.05) is 6.61 Å². The fourth-order valence-corrected chi connectivity index (χ4v) is 2.27. The van der Waals surface area contributed by atoms with Crippen LogP contribution in [0.5, 0.6) is 0 Å². The maximum Gasteiger partial charge on any atom is 0.115 e. The average molecular weight is 287 g/mol. The van der Waals surface area contributed by atoms with Crippen LogP contribution in [0.3, 0.4) is 0 Å². The molecular weight excluding hydrogens is 265 g/mol. The van der Waals surface area contributed by atoms with Gasteiger partial charge in [-0.05, 0) is 12.3 Å². The summed E-state index contributed by atoms with van der Waals surface area (Å²) in [6, 6.07) is 0. The molecule has 0 saturated carbocycles. The third kappa shape index (κ3) is 1.88. The topological polar surface area (TPSA) is 29.5 Å². The van der Waals surface area contributed by atoms with Crippen molar-refractivity contribution in [3.05, 3.63) is 12.7 Å². The molecule has 15 heavy (non-hydrogen) atoms. The first-order chi connectivity index (χ1) is 6.25. The van der Waals surface area contributed by atoms with E-state index in [9.17, 15) is 5.11 Å². The summed E-state index contributed by atoms with van der Waals surface area (Å²) in [7, 11) is 0. The molecule has 0 aliphatic carbocycles. The quantitative estimate of drug-likeness (QED) is 0.790. The summed E-state index contributed by atoms with van der Waals surface area (Å²) in [6.07, 6.45) is 1.88. The molecule has 1 N–H and O–H groups in total. The van der Waals surface area contributed by atoms with E-state index in [-0.39, 0.29) is 56.3 Å². The van der Waals surface area contributed by atoms with Gasteiger partial charge in [0.05, 0.1) is 12.7 Å². The number of hydrogen-bond acceptors (Lipinski definition) is 2. The van der Waals surface area contributed by atoms with Gasteiger partial charge in [-0.25, -0.2) is 0 Å². The molecule has 0 bridgehead atoms. The van der Waals surface area contributed by atoms with Crippen molar-refractivity contribution in [3.63, 3.8) is 0 Å². The number of rotatable bonds is 2. The molecule has 0 aromatic heterocycles. The fourth-order valence-electron chi connectivity index (χ4n) is 2.27. The van der Waals surface area contributed by atoms with Crippen LogP contribution in [-0.4, -0.2) is 23.4 Å². The van der Waals surface area contributed by atoms with E-state index in [1.165, 1.54) is 0 Å². The first-order valence-corrected chi connectivity index (χ1v) is 5.17. The van der Waals surface area contributed by atoms with E-state index in [2.05, 4.69) is 41.2 Å². The minimum absolute atomic E-state index is 0. The molecule has 1 rings (SSSR count). The monoisotopic (exact) mass is 287 g/mol. The third-order valence-corrected chi connectivity index (χ3v) is 4.64. The van der Waals surface area contributed by atoms with E-state index in [1.54, 1.807) is 6.08 Å². The first-order valence-electron chi connectivity index (χ1n) is 5.17. The number of aliphatic hydroxyl groups excluding tert-OH is 1. The van der Waals surface area contributed by atoms with Gasteiger partial charge in [-0.15, -0.1) is 6.58 Å². The van der Waals surface area contributed by atoms with Crippen LogP contribution in [-0.2, 0) is 37.4 Å². The Morgan fingerprint density at radius 3 is 1.93 bits per heavy atom. The molecule has 1 saturated heterocycles. The first kappa shape index (κ1) is 15.8. The minimum Gasteiger partial charge on any atom is -0.393 e. The second-order valence-electron chi connectivity index (χ2n) is 5.36. The normalized spacial score (nSPS) is 37.1. The Morgan fingerprint density at radius 2 is 1.80 bits per heavy atom. The van der Waals surface area contributed by atoms with Crippen molar-refractivity contribution in [3.8, 4) is 0 Å². The van der Waals surface area contributed by atoms with Crippen molar-refractivity contribution < 1.29 is 42.6 Å². The molecule has 0 aromatic rings. The number of aliphatic hydroxyl groups is 1. The maximum absolute atomic E-state index is 9.51. The molecule has 3 heteroatoms. The number of hydrogen-bond donors (Lipinski definition) is 1. The summed E-state index contributed by atoms with van der Waals surface area (Å²) in [6.45, 7) is 14.5. The molecule has 1 aliphatic heterocycles. The van der Waals surface area contributed by atoms with Crippen LogP contribution in [0.1, 0.15) is 34.6 Å². The number of ether oxygens (including phenoxy) is 1. The van der Waals surface area contributed by atoms with Crippen molar-refractivity contribution in [2.45, 2.75) is 46.3 Å². The van der Waals surface area contributed by atoms with Gasteiger partial charge in [0.2, 0.25) is 0 Å². The standard InChI is InChI=1S/C12H22O2.Y/c1-7-12(8-13)11(5,6)10(3,4)9(2)14-12;/h7,9,13H,1,8H2,2-6H3;/t9-,12+;/m0./s1. The molecule has 0 unspecified atom stereocenters. The Balaban J connectivity index is 0.00000196. The second-order valence-corrected chi connectivity index (χ2v) is 5.36. The van der Waals surface area contributed by atoms with Gasteiger partial charge < -0.3 is 9.84 Å². The van der Waals surface area contributed by atoms with Gasteiger partial charge in [0.15, 0.2) is 0 Å². The molecule has 2 nitrogen and oxygen atoms in total. The molecule has 0 aromatic carbocycles. The summed E-state index contributed by atoms with van der Waals surface area (Å²) in [5, 5.41) is 9.51. The summed E-state index contributed by atoms with van der Waals surface area (Å²) in [4.78, 5) is 0. The van der Waals surface area contributed by atoms with E-state index in [4.69, 9.17) is 4.74 Å². The van der Waals surface area contributed by atoms with E-state index >= 15 is 0 Å². The van der Waals surface area contributed by atoms with Crippen molar-refractivity contribution in [1.29, 1.82) is 0 Å². The van der Waals surface area contributed by atoms with Crippen LogP contribution in [0.4, 0.5) is 0 Å². The van der Waals surface area contributed by atoms with Crippen LogP contribution >= 0.6 is 0 Å². The van der Waals surface area contributed by atoms with Crippen LogP contribution in [0.2, 0.25) is 0 Å². The Labute approximate surface area is 118 Å². The zero-order valence-electron chi connectivity index (χ0n) is 10.5. The van der Waals surface area contributed by atoms with Crippen LogP contribution in [0, 0.1) is 10.8 Å². The molecule has 1 aliphatic rings. The Hall–Kier alpha value is 0.764. The summed E-state index contributed by atoms with van der Waals surface area (Å²) in [5.74, 6) is 0. The van der Waals surface area contributed by atoms with Crippen LogP contribution < -0.4 is 0 Å². The van der Waals surface area contributed by atoms with E-state index in [0.717, 1.165) is 0 Å². The average Bonchev–Trinajstić information content (AvgIpc) is 2.24. The molecule has 0 spiro atoms. The summed E-state index contributed by atoms with van der Waals surface area (Å²) in [5.41, 5.74) is -0.685. The van der Waals surface area contributed by atoms with Gasteiger partial charge >= 0.3 is 0 Å². The van der Waals surface area contributed by atoms with E-state index in [1.807, 2.05) is 0 Å². The zero-order chi connectivity index (χ0) is 11.2. The molecule has 1 fully saturated rings. The summed E-state index contributed by atoms with van der Waals surface area (Å²) >= 11 is 0. The van der Waals surface area contributed by atoms with Crippen molar-refractivity contribution in [1.82, 2.24) is 0 Å². The Bertz CT molecular complexity index is 248. The Morgan fingerprint density at radius 1 is 1.33 bits per heavy atom. The molecule has 2 atom stereocenters. The van der Waals surface area contributed by atoms with Gasteiger partial charge in [-0.1, -0.05) is 33.8 Å². The Kier molecular flexibility index (Phi) is 4.79. The van der Waals surface area contributed by atoms with E-state index in [0.29, 0.717) is 0 Å². The van der Waals surface area contributed by atoms with Gasteiger partial charge in [-0.3, -0.25) is 0 Å². The molecule has 1 heterocycles. The van der Waals surface area contributed by atoms with Gasteiger partial charge in [0, 0.05) is 38.1 Å². The van der Waals surface area contributed by atoms with Gasteiger partial charge in [0.1, 0.15) is 5.60 Å². The van der Waals surface area contributed by atoms with Crippen LogP contribution in [0.25, 0.3) is 0 Å². The van der Waals surface area contributed by atoms with Gasteiger partial charge in [0.25, 0.3) is 0 Å². The van der Waals surface area contributed by atoms with Crippen LogP contribution in [0.15, 0.2) is 12.7 Å². The fraction of sp³-hybridized carbons (Fsp3) is 0.833. The predicted molar refractivity (Wildman–Crippen MR) is 58.1 cm³/mol. The maximum atomic E-state index is 9.51. The van der Waals surface area contributed by atoms with Gasteiger partial charge in [-0.2, -0.15) is 0 Å². The minimum atomic E-state index is -0.601. The molecule has 1 radical (unpaired) electrons. The molecular formula is C12H22O2Y. The predicted octanol–water partition coefficient (Wildman–Crippen LogP) is 2.37. The largest absolute Gasteiger partial charge is 0.393 e. The molecule has 0 amide bonds.